The van der Waals surface area contributed by atoms with Crippen molar-refractivity contribution in [2.24, 2.45) is 5.73 Å². The fourth-order valence-electron chi connectivity index (χ4n) is 1.78. The van der Waals surface area contributed by atoms with E-state index in [0.29, 0.717) is 6.54 Å². The van der Waals surface area contributed by atoms with Gasteiger partial charge in [0.15, 0.2) is 0 Å². The molecule has 0 aliphatic rings. The van der Waals surface area contributed by atoms with E-state index in [4.69, 9.17) is 10.5 Å². The number of methoxy groups -OCH3 is 1. The molecule has 0 unspecified atom stereocenters. The molecule has 2 N–H and O–H groups in total. The lowest BCUT2D eigenvalue weighted by Gasteiger charge is -2.10. The second-order valence-electron chi connectivity index (χ2n) is 4.04. The summed E-state index contributed by atoms with van der Waals surface area (Å²) in [6.07, 6.45) is 8.36. The number of imidazole rings is 1. The number of nitrogens with zero attached hydrogens (tertiary/aromatic N) is 2. The molecule has 0 saturated carbocycles. The number of benzene rings is 1. The van der Waals surface area contributed by atoms with Crippen LogP contribution in [0.2, 0.25) is 0 Å². The maximum absolute atomic E-state index is 10.7. The largest absolute Gasteiger partial charge is 0.496 e. The molecule has 1 aromatic carbocycles. The van der Waals surface area contributed by atoms with Crippen molar-refractivity contribution in [3.8, 4) is 5.75 Å². The lowest BCUT2D eigenvalue weighted by molar-refractivity contribution is -0.113. The van der Waals surface area contributed by atoms with Gasteiger partial charge in [0.2, 0.25) is 5.91 Å². The van der Waals surface area contributed by atoms with Crippen LogP contribution in [-0.4, -0.2) is 22.6 Å². The minimum absolute atomic E-state index is 0.466. The highest BCUT2D eigenvalue weighted by Crippen LogP contribution is 2.21. The van der Waals surface area contributed by atoms with Gasteiger partial charge in [-0.1, -0.05) is 6.07 Å². The standard InChI is InChI=1S/C14H15N3O2/c1-19-13-4-2-11(3-5-14(15)18)8-12(13)9-17-7-6-16-10-17/h2-8,10H,9H2,1H3,(H2,15,18)/b5-3-. The second kappa shape index (κ2) is 5.86. The number of carbonyl (C=O) groups is 1. The van der Waals surface area contributed by atoms with Crippen LogP contribution in [-0.2, 0) is 11.3 Å². The summed E-state index contributed by atoms with van der Waals surface area (Å²) in [7, 11) is 1.63. The van der Waals surface area contributed by atoms with Crippen LogP contribution in [0.4, 0.5) is 0 Å². The SMILES string of the molecule is COc1ccc(/C=C\C(N)=O)cc1Cn1ccnc1. The molecule has 0 aliphatic carbocycles. The van der Waals surface area contributed by atoms with Gasteiger partial charge in [0.05, 0.1) is 20.0 Å². The molecule has 0 fully saturated rings. The third kappa shape index (κ3) is 3.45. The van der Waals surface area contributed by atoms with E-state index < -0.39 is 5.91 Å². The second-order valence-corrected chi connectivity index (χ2v) is 4.04. The molecule has 1 aromatic heterocycles. The van der Waals surface area contributed by atoms with E-state index in [1.807, 2.05) is 29.0 Å². The highest BCUT2D eigenvalue weighted by molar-refractivity contribution is 5.90. The van der Waals surface area contributed by atoms with Crippen LogP contribution < -0.4 is 10.5 Å². The maximum Gasteiger partial charge on any atom is 0.241 e. The Morgan fingerprint density at radius 3 is 3.00 bits per heavy atom. The summed E-state index contributed by atoms with van der Waals surface area (Å²) in [5.74, 6) is 0.330. The van der Waals surface area contributed by atoms with E-state index in [1.54, 1.807) is 25.7 Å². The van der Waals surface area contributed by atoms with Gasteiger partial charge in [-0.15, -0.1) is 0 Å². The third-order valence-electron chi connectivity index (χ3n) is 2.66. The normalized spacial score (nSPS) is 10.8. The van der Waals surface area contributed by atoms with Crippen LogP contribution in [0, 0.1) is 0 Å². The molecule has 19 heavy (non-hydrogen) atoms. The van der Waals surface area contributed by atoms with Gasteiger partial charge in [-0.25, -0.2) is 4.98 Å². The predicted molar refractivity (Wildman–Crippen MR) is 72.6 cm³/mol. The summed E-state index contributed by atoms with van der Waals surface area (Å²) < 4.78 is 7.27. The number of aromatic nitrogens is 2. The van der Waals surface area contributed by atoms with E-state index in [9.17, 15) is 4.79 Å². The quantitative estimate of drug-likeness (QED) is 0.824. The zero-order valence-electron chi connectivity index (χ0n) is 10.6. The van der Waals surface area contributed by atoms with Crippen molar-refractivity contribution >= 4 is 12.0 Å². The molecule has 2 rings (SSSR count). The summed E-state index contributed by atoms with van der Waals surface area (Å²) in [4.78, 5) is 14.7. The third-order valence-corrected chi connectivity index (χ3v) is 2.66. The van der Waals surface area contributed by atoms with E-state index in [1.165, 1.54) is 6.08 Å². The summed E-state index contributed by atoms with van der Waals surface area (Å²) in [5, 5.41) is 0. The molecule has 0 atom stereocenters. The Labute approximate surface area is 111 Å². The van der Waals surface area contributed by atoms with Crippen LogP contribution >= 0.6 is 0 Å². The zero-order valence-corrected chi connectivity index (χ0v) is 10.6. The Balaban J connectivity index is 2.28. The number of hydrogen-bond donors (Lipinski definition) is 1. The summed E-state index contributed by atoms with van der Waals surface area (Å²) in [5.41, 5.74) is 6.99. The van der Waals surface area contributed by atoms with Crippen molar-refractivity contribution in [3.63, 3.8) is 0 Å². The Kier molecular flexibility index (Phi) is 3.97. The average molecular weight is 257 g/mol. The fourth-order valence-corrected chi connectivity index (χ4v) is 1.78. The first-order valence-corrected chi connectivity index (χ1v) is 5.79. The van der Waals surface area contributed by atoms with Crippen molar-refractivity contribution in [1.29, 1.82) is 0 Å². The van der Waals surface area contributed by atoms with Gasteiger partial charge in [-0.05, 0) is 23.8 Å². The van der Waals surface area contributed by atoms with Crippen LogP contribution in [0.15, 0.2) is 43.0 Å². The van der Waals surface area contributed by atoms with Gasteiger partial charge in [0, 0.05) is 24.0 Å². The Bertz CT molecular complexity index is 589. The van der Waals surface area contributed by atoms with E-state index >= 15 is 0 Å². The number of hydrogen-bond acceptors (Lipinski definition) is 3. The first-order valence-electron chi connectivity index (χ1n) is 5.79. The minimum atomic E-state index is -0.466. The van der Waals surface area contributed by atoms with Crippen molar-refractivity contribution in [2.45, 2.75) is 6.54 Å². The highest BCUT2D eigenvalue weighted by Gasteiger charge is 2.04. The molecule has 2 aromatic rings. The van der Waals surface area contributed by atoms with E-state index in [0.717, 1.165) is 16.9 Å². The Morgan fingerprint density at radius 2 is 2.37 bits per heavy atom. The molecule has 1 heterocycles. The summed E-state index contributed by atoms with van der Waals surface area (Å²) >= 11 is 0. The molecule has 5 heteroatoms. The topological polar surface area (TPSA) is 70.1 Å². The number of primary amides is 1. The van der Waals surface area contributed by atoms with Crippen LogP contribution in [0.3, 0.4) is 0 Å². The lowest BCUT2D eigenvalue weighted by atomic mass is 10.1. The number of rotatable bonds is 5. The predicted octanol–water partition coefficient (Wildman–Crippen LogP) is 1.44. The van der Waals surface area contributed by atoms with Crippen LogP contribution in [0.1, 0.15) is 11.1 Å². The summed E-state index contributed by atoms with van der Waals surface area (Å²) in [6.45, 7) is 0.654. The smallest absolute Gasteiger partial charge is 0.241 e. The molecular formula is C14H15N3O2. The lowest BCUT2D eigenvalue weighted by Crippen LogP contribution is -2.05. The number of nitrogens with two attached hydrogens (primary N) is 1. The number of ether oxygens (including phenoxy) is 1. The number of carbonyl (C=O) groups excluding carboxylic acids is 1. The summed E-state index contributed by atoms with van der Waals surface area (Å²) in [6, 6.07) is 5.70. The minimum Gasteiger partial charge on any atom is -0.496 e. The Morgan fingerprint density at radius 1 is 1.53 bits per heavy atom. The molecule has 0 spiro atoms. The van der Waals surface area contributed by atoms with Crippen LogP contribution in [0.25, 0.3) is 6.08 Å². The molecule has 5 nitrogen and oxygen atoms in total. The van der Waals surface area contributed by atoms with Gasteiger partial charge >= 0.3 is 0 Å². The molecule has 0 bridgehead atoms. The molecule has 0 saturated heterocycles. The van der Waals surface area contributed by atoms with Gasteiger partial charge in [-0.2, -0.15) is 0 Å². The Hall–Kier alpha value is -2.56. The number of amides is 1. The van der Waals surface area contributed by atoms with Gasteiger partial charge in [0.25, 0.3) is 0 Å². The van der Waals surface area contributed by atoms with Crippen molar-refractivity contribution in [2.75, 3.05) is 7.11 Å². The van der Waals surface area contributed by atoms with Gasteiger partial charge in [-0.3, -0.25) is 4.79 Å². The monoisotopic (exact) mass is 257 g/mol. The van der Waals surface area contributed by atoms with Gasteiger partial charge < -0.3 is 15.0 Å². The molecular weight excluding hydrogens is 242 g/mol. The average Bonchev–Trinajstić information content (AvgIpc) is 2.89. The van der Waals surface area contributed by atoms with Gasteiger partial charge in [0.1, 0.15) is 5.75 Å². The first-order chi connectivity index (χ1) is 9.19. The zero-order chi connectivity index (χ0) is 13.7. The first kappa shape index (κ1) is 12.9. The van der Waals surface area contributed by atoms with Crippen molar-refractivity contribution in [3.05, 3.63) is 54.1 Å². The highest BCUT2D eigenvalue weighted by atomic mass is 16.5. The van der Waals surface area contributed by atoms with Crippen molar-refractivity contribution < 1.29 is 9.53 Å². The molecule has 98 valence electrons. The van der Waals surface area contributed by atoms with E-state index in [2.05, 4.69) is 4.98 Å². The maximum atomic E-state index is 10.7. The van der Waals surface area contributed by atoms with Crippen LogP contribution in [0.5, 0.6) is 5.75 Å². The fraction of sp³-hybridized carbons (Fsp3) is 0.143. The molecule has 0 aliphatic heterocycles. The molecule has 1 amide bonds. The molecule has 0 radical (unpaired) electrons. The van der Waals surface area contributed by atoms with E-state index in [-0.39, 0.29) is 0 Å². The van der Waals surface area contributed by atoms with Crippen molar-refractivity contribution in [1.82, 2.24) is 9.55 Å².